The number of nitrogens with one attached hydrogen (secondary N) is 2. The maximum atomic E-state index is 13.9. The van der Waals surface area contributed by atoms with Crippen LogP contribution in [0.15, 0.2) is 82.6 Å². The summed E-state index contributed by atoms with van der Waals surface area (Å²) in [4.78, 5) is 57.4. The first kappa shape index (κ1) is 30.9. The maximum Gasteiger partial charge on any atom is 0.416 e. The number of halogens is 3. The second kappa shape index (κ2) is 11.4. The van der Waals surface area contributed by atoms with Crippen molar-refractivity contribution in [3.05, 3.63) is 104 Å². The van der Waals surface area contributed by atoms with Gasteiger partial charge in [0.25, 0.3) is 5.91 Å². The molecule has 4 aliphatic rings. The predicted molar refractivity (Wildman–Crippen MR) is 174 cm³/mol. The summed E-state index contributed by atoms with van der Waals surface area (Å²) in [5.41, 5.74) is 1.63. The Morgan fingerprint density at radius 1 is 0.979 bits per heavy atom. The Morgan fingerprint density at radius 2 is 1.71 bits per heavy atom. The number of alkyl halides is 3. The smallest absolute Gasteiger partial charge is 0.416 e. The van der Waals surface area contributed by atoms with Crippen molar-refractivity contribution in [3.8, 4) is 5.75 Å². The zero-order chi connectivity index (χ0) is 33.5. The van der Waals surface area contributed by atoms with Crippen LogP contribution in [0.5, 0.6) is 5.75 Å². The fourth-order valence-corrected chi connectivity index (χ4v) is 11.2. The van der Waals surface area contributed by atoms with E-state index in [2.05, 4.69) is 10.3 Å². The Hall–Kier alpha value is -4.36. The van der Waals surface area contributed by atoms with Crippen LogP contribution in [0, 0.1) is 36.5 Å². The van der Waals surface area contributed by atoms with Crippen molar-refractivity contribution in [1.82, 2.24) is 4.98 Å². The van der Waals surface area contributed by atoms with Crippen molar-refractivity contribution in [1.29, 1.82) is 0 Å². The normalized spacial score (nSPS) is 27.1. The molecule has 246 valence electrons. The van der Waals surface area contributed by atoms with E-state index in [9.17, 15) is 32.3 Å². The minimum atomic E-state index is -4.61. The average molecular weight is 692 g/mol. The third-order valence-electron chi connectivity index (χ3n) is 10.1. The van der Waals surface area contributed by atoms with Crippen LogP contribution >= 0.6 is 23.1 Å². The van der Waals surface area contributed by atoms with Crippen molar-refractivity contribution < 1.29 is 32.3 Å². The van der Waals surface area contributed by atoms with E-state index in [1.165, 1.54) is 23.9 Å². The largest absolute Gasteiger partial charge is 0.484 e. The van der Waals surface area contributed by atoms with E-state index in [4.69, 9.17) is 4.74 Å². The van der Waals surface area contributed by atoms with Crippen molar-refractivity contribution in [2.75, 3.05) is 16.8 Å². The van der Waals surface area contributed by atoms with Gasteiger partial charge in [-0.1, -0.05) is 41.7 Å². The molecule has 2 N–H and O–H groups in total. The summed E-state index contributed by atoms with van der Waals surface area (Å²) in [6.45, 7) is 1.75. The van der Waals surface area contributed by atoms with Crippen LogP contribution in [0.3, 0.4) is 0 Å². The summed E-state index contributed by atoms with van der Waals surface area (Å²) in [7, 11) is 0. The summed E-state index contributed by atoms with van der Waals surface area (Å²) in [6, 6.07) is 19.2. The van der Waals surface area contributed by atoms with Gasteiger partial charge in [0, 0.05) is 21.7 Å². The molecule has 48 heavy (non-hydrogen) atoms. The SMILES string of the molecule is Cc1cccc(NC(=O)COc2ccc([C@@H]3c4sc(=O)[nH]c4S[C@@H]4[C@@H]5C[C@@H]([C@@H]6C(=O)N(c7cccc(C(F)(F)F)c7)C(=O)[C@@H]56)[C@H]34)cc2)c1. The summed E-state index contributed by atoms with van der Waals surface area (Å²) in [5, 5.41) is 3.49. The van der Waals surface area contributed by atoms with Crippen molar-refractivity contribution in [3.63, 3.8) is 0 Å². The van der Waals surface area contributed by atoms with Gasteiger partial charge in [-0.25, -0.2) is 0 Å². The molecule has 3 heterocycles. The number of amides is 3. The molecule has 8 nitrogen and oxygen atoms in total. The number of aromatic nitrogens is 1. The summed E-state index contributed by atoms with van der Waals surface area (Å²) >= 11 is 2.67. The third kappa shape index (κ3) is 5.06. The number of H-pyrrole nitrogens is 1. The lowest BCUT2D eigenvalue weighted by Crippen LogP contribution is -2.42. The molecule has 1 aromatic heterocycles. The first-order chi connectivity index (χ1) is 23.0. The van der Waals surface area contributed by atoms with E-state index in [0.717, 1.165) is 49.4 Å². The van der Waals surface area contributed by atoms with E-state index >= 15 is 0 Å². The number of hydrogen-bond acceptors (Lipinski definition) is 7. The number of nitrogens with zero attached hydrogens (tertiary/aromatic N) is 1. The molecule has 0 radical (unpaired) electrons. The van der Waals surface area contributed by atoms with Crippen LogP contribution < -0.4 is 19.8 Å². The standard InChI is InChI=1S/C35H28F3N3O5S2/c1-16-4-2-6-19(12-16)39-24(42)15-46-21-10-8-17(9-11-21)25-26-22-14-23(29(26)47-31-30(25)48-34(45)40-31)28-27(22)32(43)41(33(28)44)20-7-3-5-18(13-20)35(36,37)38/h2-13,22-23,25-29H,14-15H2,1H3,(H,39,42)(H,40,45)/t22-,23-,25+,26-,27+,28+,29-/m1/s1. The van der Waals surface area contributed by atoms with Crippen LogP contribution in [0.2, 0.25) is 0 Å². The summed E-state index contributed by atoms with van der Waals surface area (Å²) < 4.78 is 46.3. The Bertz CT molecular complexity index is 2030. The van der Waals surface area contributed by atoms with Crippen LogP contribution in [0.4, 0.5) is 24.5 Å². The second-order valence-electron chi connectivity index (χ2n) is 12.8. The summed E-state index contributed by atoms with van der Waals surface area (Å²) in [6.07, 6.45) is -3.96. The molecule has 0 unspecified atom stereocenters. The second-order valence-corrected chi connectivity index (χ2v) is 15.0. The minimum Gasteiger partial charge on any atom is -0.484 e. The van der Waals surface area contributed by atoms with Crippen LogP contribution in [0.1, 0.15) is 33.9 Å². The highest BCUT2D eigenvalue weighted by atomic mass is 32.2. The zero-order valence-corrected chi connectivity index (χ0v) is 27.0. The van der Waals surface area contributed by atoms with Gasteiger partial charge < -0.3 is 15.0 Å². The highest BCUT2D eigenvalue weighted by Gasteiger charge is 2.69. The van der Waals surface area contributed by atoms with E-state index in [1.54, 1.807) is 18.2 Å². The van der Waals surface area contributed by atoms with E-state index in [1.807, 2.05) is 37.3 Å². The van der Waals surface area contributed by atoms with Gasteiger partial charge in [0.2, 0.25) is 11.8 Å². The number of anilines is 2. The number of benzene rings is 3. The topological polar surface area (TPSA) is 109 Å². The number of thioether (sulfide) groups is 1. The van der Waals surface area contributed by atoms with E-state index in [-0.39, 0.29) is 52.0 Å². The molecule has 13 heteroatoms. The van der Waals surface area contributed by atoms with Gasteiger partial charge >= 0.3 is 11.0 Å². The van der Waals surface area contributed by atoms with Gasteiger partial charge in [-0.2, -0.15) is 13.2 Å². The monoisotopic (exact) mass is 691 g/mol. The maximum absolute atomic E-state index is 13.9. The van der Waals surface area contributed by atoms with Crippen molar-refractivity contribution in [2.24, 2.45) is 29.6 Å². The lowest BCUT2D eigenvalue weighted by molar-refractivity contribution is -0.137. The molecular formula is C35H28F3N3O5S2. The molecule has 8 rings (SSSR count). The Kier molecular flexibility index (Phi) is 7.33. The van der Waals surface area contributed by atoms with Crippen LogP contribution in [0.25, 0.3) is 0 Å². The van der Waals surface area contributed by atoms with Crippen molar-refractivity contribution >= 4 is 52.2 Å². The predicted octanol–water partition coefficient (Wildman–Crippen LogP) is 6.46. The Morgan fingerprint density at radius 3 is 2.44 bits per heavy atom. The molecule has 0 spiro atoms. The number of rotatable bonds is 6. The van der Waals surface area contributed by atoms with Gasteiger partial charge in [-0.3, -0.25) is 24.1 Å². The zero-order valence-electron chi connectivity index (χ0n) is 25.3. The number of hydrogen-bond donors (Lipinski definition) is 2. The first-order valence-corrected chi connectivity index (χ1v) is 17.2. The van der Waals surface area contributed by atoms with Gasteiger partial charge in [-0.05, 0) is 84.7 Å². The van der Waals surface area contributed by atoms with Gasteiger partial charge in [-0.15, -0.1) is 11.8 Å². The lowest BCUT2D eigenvalue weighted by Gasteiger charge is -2.43. The Labute approximate surface area is 280 Å². The summed E-state index contributed by atoms with van der Waals surface area (Å²) in [5.74, 6) is -2.68. The molecule has 2 aliphatic heterocycles. The fraction of sp³-hybridized carbons (Fsp3) is 0.314. The van der Waals surface area contributed by atoms with Gasteiger partial charge in [0.05, 0.1) is 28.1 Å². The van der Waals surface area contributed by atoms with Crippen molar-refractivity contribution in [2.45, 2.75) is 35.7 Å². The van der Waals surface area contributed by atoms with Gasteiger partial charge in [0.1, 0.15) is 5.75 Å². The third-order valence-corrected chi connectivity index (χ3v) is 12.7. The molecule has 2 aliphatic carbocycles. The fourth-order valence-electron chi connectivity index (χ4n) is 8.31. The molecular weight excluding hydrogens is 664 g/mol. The van der Waals surface area contributed by atoms with Crippen LogP contribution in [-0.2, 0) is 20.6 Å². The molecule has 3 fully saturated rings. The molecule has 4 aromatic rings. The highest BCUT2D eigenvalue weighted by molar-refractivity contribution is 8.00. The lowest BCUT2D eigenvalue weighted by atomic mass is 9.68. The molecule has 2 bridgehead atoms. The molecule has 2 saturated carbocycles. The highest BCUT2D eigenvalue weighted by Crippen LogP contribution is 2.68. The number of imide groups is 1. The van der Waals surface area contributed by atoms with Crippen LogP contribution in [-0.4, -0.2) is 34.6 Å². The number of ether oxygens (including phenoxy) is 1. The molecule has 1 saturated heterocycles. The quantitative estimate of drug-likeness (QED) is 0.225. The average Bonchev–Trinajstić information content (AvgIpc) is 3.78. The first-order valence-electron chi connectivity index (χ1n) is 15.5. The molecule has 3 amide bonds. The number of aryl methyl sites for hydroxylation is 1. The van der Waals surface area contributed by atoms with Gasteiger partial charge in [0.15, 0.2) is 6.61 Å². The van der Waals surface area contributed by atoms with E-state index in [0.29, 0.717) is 17.9 Å². The number of aromatic amines is 1. The Balaban J connectivity index is 1.06. The van der Waals surface area contributed by atoms with E-state index < -0.39 is 35.4 Å². The number of carbonyl (C=O) groups is 3. The number of carbonyl (C=O) groups excluding carboxylic acids is 3. The minimum absolute atomic E-state index is 0.0626. The number of thiazole rings is 1. The molecule has 7 atom stereocenters. The number of fused-ring (bicyclic) bond motifs is 9. The molecule has 3 aromatic carbocycles.